The lowest BCUT2D eigenvalue weighted by atomic mass is 9.99. The van der Waals surface area contributed by atoms with E-state index >= 15 is 0 Å². The molecule has 5 aromatic carbocycles. The molecule has 0 amide bonds. The molecule has 0 spiro atoms. The van der Waals surface area contributed by atoms with Crippen LogP contribution in [-0.4, -0.2) is 5.11 Å². The Morgan fingerprint density at radius 2 is 1.00 bits per heavy atom. The van der Waals surface area contributed by atoms with Gasteiger partial charge in [-0.25, -0.2) is 0 Å². The molecule has 0 heterocycles. The molecule has 0 unspecified atom stereocenters. The van der Waals surface area contributed by atoms with Crippen LogP contribution < -0.4 is 4.90 Å². The summed E-state index contributed by atoms with van der Waals surface area (Å²) in [6, 6.07) is 43.9. The molecule has 0 saturated heterocycles. The maximum atomic E-state index is 9.92. The Morgan fingerprint density at radius 1 is 0.474 bits per heavy atom. The quantitative estimate of drug-likeness (QED) is 0.255. The summed E-state index contributed by atoms with van der Waals surface area (Å²) in [5.74, 6) is 0.273. The fourth-order valence-electron chi connectivity index (χ4n) is 5.00. The number of hydrogen-bond donors (Lipinski definition) is 1. The summed E-state index contributed by atoms with van der Waals surface area (Å²) in [5, 5.41) is 9.92. The Bertz CT molecular complexity index is 1580. The Kier molecular flexibility index (Phi) is 6.61. The first kappa shape index (κ1) is 23.6. The Labute approximate surface area is 224 Å². The Hall–Kier alpha value is -4.82. The molecule has 0 aliphatic heterocycles. The molecule has 2 nitrogen and oxygen atoms in total. The lowest BCUT2D eigenvalue weighted by Gasteiger charge is -2.26. The molecule has 0 aromatic heterocycles. The van der Waals surface area contributed by atoms with Crippen LogP contribution in [0, 0.1) is 0 Å². The van der Waals surface area contributed by atoms with Gasteiger partial charge >= 0.3 is 0 Å². The van der Waals surface area contributed by atoms with Crippen molar-refractivity contribution in [3.05, 3.63) is 151 Å². The van der Waals surface area contributed by atoms with Crippen LogP contribution in [0.25, 0.3) is 27.8 Å². The fourth-order valence-corrected chi connectivity index (χ4v) is 5.00. The van der Waals surface area contributed by atoms with E-state index in [0.717, 1.165) is 41.0 Å². The second kappa shape index (κ2) is 10.7. The number of phenols is 1. The Balaban J connectivity index is 1.37. The van der Waals surface area contributed by atoms with Gasteiger partial charge in [0, 0.05) is 17.1 Å². The van der Waals surface area contributed by atoms with Crippen LogP contribution in [0.5, 0.6) is 5.75 Å². The molecule has 1 aliphatic rings. The van der Waals surface area contributed by atoms with Crippen molar-refractivity contribution in [1.82, 2.24) is 0 Å². The largest absolute Gasteiger partial charge is 0.508 e. The fraction of sp³-hybridized carbons (Fsp3) is 0.0556. The van der Waals surface area contributed by atoms with Crippen molar-refractivity contribution in [3.63, 3.8) is 0 Å². The summed E-state index contributed by atoms with van der Waals surface area (Å²) in [6.07, 6.45) is 9.00. The van der Waals surface area contributed by atoms with Crippen molar-refractivity contribution in [2.45, 2.75) is 12.8 Å². The zero-order valence-electron chi connectivity index (χ0n) is 21.2. The summed E-state index contributed by atoms with van der Waals surface area (Å²) in [7, 11) is 0. The summed E-state index contributed by atoms with van der Waals surface area (Å²) in [5.41, 5.74) is 10.3. The maximum absolute atomic E-state index is 9.92. The molecule has 1 N–H and O–H groups in total. The number of anilines is 3. The third kappa shape index (κ3) is 5.02. The van der Waals surface area contributed by atoms with Gasteiger partial charge in [-0.05, 0) is 94.8 Å². The highest BCUT2D eigenvalue weighted by Gasteiger charge is 2.14. The van der Waals surface area contributed by atoms with Gasteiger partial charge in [0.25, 0.3) is 0 Å². The van der Waals surface area contributed by atoms with Gasteiger partial charge in [0.2, 0.25) is 0 Å². The van der Waals surface area contributed by atoms with E-state index in [1.807, 2.05) is 18.2 Å². The standard InChI is InChI=1S/C36H29NO/c38-36-13-7-12-32(26-36)31-18-24-35(25-19-31)37(33-20-14-29(15-21-33)27-8-3-1-4-9-27)34-22-16-30(17-23-34)28-10-5-2-6-11-28/h1,3-5,7-26,38H,2,6H2. The van der Waals surface area contributed by atoms with E-state index in [0.29, 0.717) is 0 Å². The highest BCUT2D eigenvalue weighted by Crippen LogP contribution is 2.37. The molecule has 0 radical (unpaired) electrons. The second-order valence-electron chi connectivity index (χ2n) is 9.53. The average Bonchev–Trinajstić information content (AvgIpc) is 2.99. The predicted octanol–water partition coefficient (Wildman–Crippen LogP) is 9.93. The molecule has 2 heteroatoms. The first-order chi connectivity index (χ1) is 18.7. The average molecular weight is 492 g/mol. The van der Waals surface area contributed by atoms with Crippen LogP contribution in [0.2, 0.25) is 0 Å². The summed E-state index contributed by atoms with van der Waals surface area (Å²) in [6.45, 7) is 0. The van der Waals surface area contributed by atoms with Crippen molar-refractivity contribution in [2.75, 3.05) is 4.90 Å². The van der Waals surface area contributed by atoms with Crippen molar-refractivity contribution in [1.29, 1.82) is 0 Å². The number of aromatic hydroxyl groups is 1. The third-order valence-corrected chi connectivity index (χ3v) is 6.99. The van der Waals surface area contributed by atoms with E-state index < -0.39 is 0 Å². The van der Waals surface area contributed by atoms with Gasteiger partial charge in [0.05, 0.1) is 0 Å². The SMILES string of the molecule is Oc1cccc(-c2ccc(N(c3ccc(C4=CCCC=C4)cc3)c3ccc(-c4ccccc4)cc3)cc2)c1. The molecule has 0 saturated carbocycles. The molecule has 0 bridgehead atoms. The minimum absolute atomic E-state index is 0.273. The van der Waals surface area contributed by atoms with Crippen LogP contribution in [0.4, 0.5) is 17.1 Å². The molecule has 6 rings (SSSR count). The molecule has 184 valence electrons. The normalized spacial score (nSPS) is 12.7. The van der Waals surface area contributed by atoms with E-state index in [9.17, 15) is 5.11 Å². The summed E-state index contributed by atoms with van der Waals surface area (Å²) in [4.78, 5) is 2.29. The zero-order chi connectivity index (χ0) is 25.7. The summed E-state index contributed by atoms with van der Waals surface area (Å²) >= 11 is 0. The number of rotatable bonds is 6. The van der Waals surface area contributed by atoms with E-state index in [1.165, 1.54) is 22.3 Å². The minimum Gasteiger partial charge on any atom is -0.508 e. The molecule has 38 heavy (non-hydrogen) atoms. The van der Waals surface area contributed by atoms with Gasteiger partial charge < -0.3 is 10.0 Å². The topological polar surface area (TPSA) is 23.5 Å². The van der Waals surface area contributed by atoms with Crippen molar-refractivity contribution < 1.29 is 5.11 Å². The zero-order valence-corrected chi connectivity index (χ0v) is 21.2. The van der Waals surface area contributed by atoms with Gasteiger partial charge in [-0.15, -0.1) is 0 Å². The Morgan fingerprint density at radius 3 is 1.55 bits per heavy atom. The first-order valence-corrected chi connectivity index (χ1v) is 13.1. The molecular formula is C36H29NO. The number of hydrogen-bond acceptors (Lipinski definition) is 2. The van der Waals surface area contributed by atoms with Gasteiger partial charge in [-0.3, -0.25) is 0 Å². The molecule has 0 fully saturated rings. The van der Waals surface area contributed by atoms with Gasteiger partial charge in [0.15, 0.2) is 0 Å². The van der Waals surface area contributed by atoms with Gasteiger partial charge in [-0.2, -0.15) is 0 Å². The van der Waals surface area contributed by atoms with Crippen LogP contribution in [-0.2, 0) is 0 Å². The smallest absolute Gasteiger partial charge is 0.116 e. The number of benzene rings is 5. The van der Waals surface area contributed by atoms with E-state index in [2.05, 4.69) is 120 Å². The monoisotopic (exact) mass is 491 g/mol. The maximum Gasteiger partial charge on any atom is 0.116 e. The van der Waals surface area contributed by atoms with Gasteiger partial charge in [0.1, 0.15) is 5.75 Å². The van der Waals surface area contributed by atoms with E-state index in [-0.39, 0.29) is 5.75 Å². The number of nitrogens with zero attached hydrogens (tertiary/aromatic N) is 1. The molecule has 0 atom stereocenters. The predicted molar refractivity (Wildman–Crippen MR) is 160 cm³/mol. The minimum atomic E-state index is 0.273. The van der Waals surface area contributed by atoms with Crippen molar-refractivity contribution >= 4 is 22.6 Å². The van der Waals surface area contributed by atoms with Crippen LogP contribution in [0.15, 0.2) is 146 Å². The first-order valence-electron chi connectivity index (χ1n) is 13.1. The molecule has 1 aliphatic carbocycles. The summed E-state index contributed by atoms with van der Waals surface area (Å²) < 4.78 is 0. The van der Waals surface area contributed by atoms with Crippen molar-refractivity contribution in [2.24, 2.45) is 0 Å². The van der Waals surface area contributed by atoms with E-state index in [1.54, 1.807) is 12.1 Å². The van der Waals surface area contributed by atoms with E-state index in [4.69, 9.17) is 0 Å². The highest BCUT2D eigenvalue weighted by atomic mass is 16.3. The third-order valence-electron chi connectivity index (χ3n) is 6.99. The molecular weight excluding hydrogens is 462 g/mol. The lowest BCUT2D eigenvalue weighted by Crippen LogP contribution is -2.10. The number of allylic oxidation sites excluding steroid dienone is 4. The second-order valence-corrected chi connectivity index (χ2v) is 9.53. The molecule has 5 aromatic rings. The van der Waals surface area contributed by atoms with Crippen molar-refractivity contribution in [3.8, 4) is 28.0 Å². The highest BCUT2D eigenvalue weighted by molar-refractivity contribution is 5.82. The van der Waals surface area contributed by atoms with Crippen LogP contribution >= 0.6 is 0 Å². The number of phenolic OH excluding ortho intramolecular Hbond substituents is 1. The van der Waals surface area contributed by atoms with Crippen LogP contribution in [0.3, 0.4) is 0 Å². The van der Waals surface area contributed by atoms with Crippen LogP contribution in [0.1, 0.15) is 18.4 Å². The lowest BCUT2D eigenvalue weighted by molar-refractivity contribution is 0.475. The van der Waals surface area contributed by atoms with Gasteiger partial charge in [-0.1, -0.05) is 97.1 Å².